The predicted octanol–water partition coefficient (Wildman–Crippen LogP) is 3.71. The maximum absolute atomic E-state index is 12.6. The molecule has 180 valence electrons. The number of hydrogen-bond donors (Lipinski definition) is 1. The summed E-state index contributed by atoms with van der Waals surface area (Å²) in [4.78, 5) is 12.8. The lowest BCUT2D eigenvalue weighted by Gasteiger charge is -2.24. The van der Waals surface area contributed by atoms with Crippen molar-refractivity contribution in [1.82, 2.24) is 10.3 Å². The van der Waals surface area contributed by atoms with Crippen molar-refractivity contribution in [3.05, 3.63) is 59.7 Å². The molecule has 0 saturated heterocycles. The number of carbonyl (C=O) groups excluding carboxylic acids is 1. The van der Waals surface area contributed by atoms with Gasteiger partial charge in [0.25, 0.3) is 10.0 Å². The molecule has 2 aromatic rings. The first-order valence-electron chi connectivity index (χ1n) is 11.7. The number of nitrogens with one attached hydrogen (secondary N) is 1. The minimum atomic E-state index is -3.80. The van der Waals surface area contributed by atoms with E-state index in [-0.39, 0.29) is 35.6 Å². The molecular formula is C25H30N4O4S. The maximum Gasteiger partial charge on any atom is 0.285 e. The largest absolute Gasteiger partial charge is 0.494 e. The first-order chi connectivity index (χ1) is 16.5. The molecule has 1 N–H and O–H groups in total. The van der Waals surface area contributed by atoms with Crippen molar-refractivity contribution in [1.29, 1.82) is 0 Å². The van der Waals surface area contributed by atoms with Crippen LogP contribution in [0.25, 0.3) is 0 Å². The highest BCUT2D eigenvalue weighted by Crippen LogP contribution is 2.28. The molecule has 9 heteroatoms. The zero-order valence-electron chi connectivity index (χ0n) is 19.3. The Morgan fingerprint density at radius 3 is 2.62 bits per heavy atom. The molecular weight excluding hydrogens is 452 g/mol. The zero-order valence-corrected chi connectivity index (χ0v) is 20.1. The number of sulfonamides is 1. The summed E-state index contributed by atoms with van der Waals surface area (Å²) in [5, 5.41) is 9.13. The lowest BCUT2D eigenvalue weighted by molar-refractivity contribution is -0.122. The quantitative estimate of drug-likeness (QED) is 0.457. The Balaban J connectivity index is 1.53. The van der Waals surface area contributed by atoms with Gasteiger partial charge in [-0.1, -0.05) is 31.4 Å². The lowest BCUT2D eigenvalue weighted by atomic mass is 9.95. The van der Waals surface area contributed by atoms with E-state index < -0.39 is 10.0 Å². The van der Waals surface area contributed by atoms with Gasteiger partial charge in [0, 0.05) is 18.0 Å². The summed E-state index contributed by atoms with van der Waals surface area (Å²) in [6.45, 7) is 2.71. The summed E-state index contributed by atoms with van der Waals surface area (Å²) in [7, 11) is -3.80. The van der Waals surface area contributed by atoms with E-state index in [1.165, 1.54) is 17.5 Å². The third kappa shape index (κ3) is 5.83. The number of ether oxygens (including phenoxy) is 1. The summed E-state index contributed by atoms with van der Waals surface area (Å²) < 4.78 is 34.6. The van der Waals surface area contributed by atoms with E-state index >= 15 is 0 Å². The number of benzene rings is 2. The van der Waals surface area contributed by atoms with Crippen LogP contribution in [-0.4, -0.2) is 50.6 Å². The van der Waals surface area contributed by atoms with E-state index in [2.05, 4.69) is 14.8 Å². The molecule has 0 spiro atoms. The first kappa shape index (κ1) is 23.9. The molecule has 0 bridgehead atoms. The number of fused-ring (bicyclic) bond motifs is 1. The summed E-state index contributed by atoms with van der Waals surface area (Å²) in [6, 6.07) is 14.3. The standard InChI is InChI=1S/C25H30N4O4S/c1-2-33-21-14-12-19(13-15-21)18-26-29(17-16-24(30)27-20-8-4-3-5-9-20)25-22-10-6-7-11-23(22)34(31,32)28-25/h6-7,10-15,18,20H,2-5,8-9,16-17H2,1H3,(H,27,30)/b26-18-. The second-order valence-corrected chi connectivity index (χ2v) is 9.98. The molecule has 1 amide bonds. The zero-order chi connectivity index (χ0) is 24.0. The Morgan fingerprint density at radius 1 is 1.15 bits per heavy atom. The Morgan fingerprint density at radius 2 is 1.88 bits per heavy atom. The van der Waals surface area contributed by atoms with Gasteiger partial charge in [-0.25, -0.2) is 5.01 Å². The second kappa shape index (κ2) is 10.8. The Kier molecular flexibility index (Phi) is 7.62. The van der Waals surface area contributed by atoms with Gasteiger partial charge < -0.3 is 10.1 Å². The van der Waals surface area contributed by atoms with E-state index in [1.807, 2.05) is 31.2 Å². The van der Waals surface area contributed by atoms with E-state index in [4.69, 9.17) is 4.74 Å². The molecule has 1 saturated carbocycles. The molecule has 1 aliphatic heterocycles. The highest BCUT2D eigenvalue weighted by molar-refractivity contribution is 7.90. The van der Waals surface area contributed by atoms with Crippen LogP contribution in [0.5, 0.6) is 5.75 Å². The van der Waals surface area contributed by atoms with Crippen LogP contribution in [0, 0.1) is 0 Å². The molecule has 1 heterocycles. The monoisotopic (exact) mass is 482 g/mol. The lowest BCUT2D eigenvalue weighted by Crippen LogP contribution is -2.38. The van der Waals surface area contributed by atoms with Crippen molar-refractivity contribution in [3.8, 4) is 5.75 Å². The van der Waals surface area contributed by atoms with Crippen LogP contribution >= 0.6 is 0 Å². The summed E-state index contributed by atoms with van der Waals surface area (Å²) >= 11 is 0. The van der Waals surface area contributed by atoms with Gasteiger partial charge in [-0.3, -0.25) is 4.79 Å². The van der Waals surface area contributed by atoms with Gasteiger partial charge in [-0.15, -0.1) is 4.40 Å². The average Bonchev–Trinajstić information content (AvgIpc) is 3.12. The van der Waals surface area contributed by atoms with E-state index in [9.17, 15) is 13.2 Å². The van der Waals surface area contributed by atoms with Crippen LogP contribution in [0.3, 0.4) is 0 Å². The molecule has 8 nitrogen and oxygen atoms in total. The second-order valence-electron chi connectivity index (χ2n) is 8.41. The van der Waals surface area contributed by atoms with Gasteiger partial charge in [-0.2, -0.15) is 13.5 Å². The van der Waals surface area contributed by atoms with Crippen molar-refractivity contribution < 1.29 is 17.9 Å². The number of hydrazone groups is 1. The Labute approximate surface area is 200 Å². The van der Waals surface area contributed by atoms with Crippen LogP contribution in [0.4, 0.5) is 0 Å². The number of carbonyl (C=O) groups is 1. The normalized spacial score (nSPS) is 17.3. The third-order valence-corrected chi connectivity index (χ3v) is 7.24. The molecule has 0 unspecified atom stereocenters. The number of rotatable bonds is 8. The van der Waals surface area contributed by atoms with Crippen molar-refractivity contribution in [2.24, 2.45) is 9.50 Å². The third-order valence-electron chi connectivity index (χ3n) is 5.92. The van der Waals surface area contributed by atoms with Crippen molar-refractivity contribution in [3.63, 3.8) is 0 Å². The van der Waals surface area contributed by atoms with Gasteiger partial charge in [-0.05, 0) is 61.7 Å². The van der Waals surface area contributed by atoms with Gasteiger partial charge in [0.05, 0.1) is 19.4 Å². The minimum Gasteiger partial charge on any atom is -0.494 e. The molecule has 2 aliphatic rings. The highest BCUT2D eigenvalue weighted by Gasteiger charge is 2.32. The molecule has 4 rings (SSSR count). The van der Waals surface area contributed by atoms with Crippen molar-refractivity contribution in [2.75, 3.05) is 13.2 Å². The molecule has 0 aromatic heterocycles. The maximum atomic E-state index is 12.6. The summed E-state index contributed by atoms with van der Waals surface area (Å²) in [6.07, 6.45) is 7.30. The van der Waals surface area contributed by atoms with E-state index in [0.29, 0.717) is 12.2 Å². The molecule has 2 aromatic carbocycles. The average molecular weight is 483 g/mol. The van der Waals surface area contributed by atoms with Crippen LogP contribution in [0.2, 0.25) is 0 Å². The van der Waals surface area contributed by atoms with Gasteiger partial charge in [0.2, 0.25) is 5.91 Å². The van der Waals surface area contributed by atoms with E-state index in [0.717, 1.165) is 37.0 Å². The van der Waals surface area contributed by atoms with Gasteiger partial charge in [0.15, 0.2) is 5.84 Å². The van der Waals surface area contributed by atoms with Gasteiger partial charge >= 0.3 is 0 Å². The van der Waals surface area contributed by atoms with E-state index in [1.54, 1.807) is 24.4 Å². The summed E-state index contributed by atoms with van der Waals surface area (Å²) in [5.74, 6) is 0.919. The highest BCUT2D eigenvalue weighted by atomic mass is 32.2. The first-order valence-corrected chi connectivity index (χ1v) is 13.2. The SMILES string of the molecule is CCOc1ccc(/C=N\N(CCC(=O)NC2CCCCC2)C2=NS(=O)(=O)c3ccccc32)cc1. The molecule has 0 atom stereocenters. The van der Waals surface area contributed by atoms with Crippen LogP contribution < -0.4 is 10.1 Å². The van der Waals surface area contributed by atoms with Crippen LogP contribution in [-0.2, 0) is 14.8 Å². The Hall–Kier alpha value is -3.20. The van der Waals surface area contributed by atoms with Crippen molar-refractivity contribution in [2.45, 2.75) is 56.4 Å². The number of amidine groups is 1. The number of hydrogen-bond acceptors (Lipinski definition) is 6. The molecule has 0 radical (unpaired) electrons. The number of amides is 1. The summed E-state index contributed by atoms with van der Waals surface area (Å²) in [5.41, 5.74) is 1.30. The molecule has 34 heavy (non-hydrogen) atoms. The van der Waals surface area contributed by atoms with Crippen LogP contribution in [0.15, 0.2) is 62.9 Å². The Bertz CT molecular complexity index is 1170. The fourth-order valence-electron chi connectivity index (χ4n) is 4.20. The fraction of sp³-hybridized carbons (Fsp3) is 0.400. The smallest absolute Gasteiger partial charge is 0.285 e. The molecule has 1 fully saturated rings. The van der Waals surface area contributed by atoms with Gasteiger partial charge in [0.1, 0.15) is 10.6 Å². The number of nitrogens with zero attached hydrogens (tertiary/aromatic N) is 3. The topological polar surface area (TPSA) is 100 Å². The fourth-order valence-corrected chi connectivity index (χ4v) is 5.41. The van der Waals surface area contributed by atoms with Crippen LogP contribution in [0.1, 0.15) is 56.6 Å². The van der Waals surface area contributed by atoms with Crippen molar-refractivity contribution >= 4 is 28.0 Å². The molecule has 1 aliphatic carbocycles. The predicted molar refractivity (Wildman–Crippen MR) is 132 cm³/mol. The minimum absolute atomic E-state index is 0.0668.